The lowest BCUT2D eigenvalue weighted by Gasteiger charge is -2.49. The summed E-state index contributed by atoms with van der Waals surface area (Å²) in [5.74, 6) is -0.0877. The highest BCUT2D eigenvalue weighted by Crippen LogP contribution is 2.44. The number of benzene rings is 1. The van der Waals surface area contributed by atoms with Crippen molar-refractivity contribution in [2.45, 2.75) is 24.3 Å². The van der Waals surface area contributed by atoms with Gasteiger partial charge in [0.05, 0.1) is 17.1 Å². The average molecular weight is 491 g/mol. The summed E-state index contributed by atoms with van der Waals surface area (Å²) in [6.45, 7) is 0. The molecule has 160 valence electrons. The van der Waals surface area contributed by atoms with Gasteiger partial charge in [0.1, 0.15) is 22.1 Å². The Labute approximate surface area is 197 Å². The van der Waals surface area contributed by atoms with Gasteiger partial charge >= 0.3 is 0 Å². The van der Waals surface area contributed by atoms with E-state index >= 15 is 0 Å². The van der Waals surface area contributed by atoms with Crippen molar-refractivity contribution in [3.63, 3.8) is 0 Å². The van der Waals surface area contributed by atoms with Gasteiger partial charge in [-0.15, -0.1) is 23.1 Å². The number of aromatic nitrogens is 1. The standard InChI is InChI=1S/C20H18N4O3S4/c21-13(28)7-11-8-30-17(22-11)12-9-31-19-15(18(26)24(19)16(12)20(27)29)23-14(25)6-10-4-2-1-3-5-10/h1-5,8,15,19H,6-7,9H2,(H2,21,28)(H,23,25)(H,27,29)/t15-,19-/m1/s1. The number of thioether (sulfide) groups is 1. The molecule has 7 nitrogen and oxygen atoms in total. The van der Waals surface area contributed by atoms with Crippen molar-refractivity contribution < 1.29 is 14.4 Å². The Morgan fingerprint density at radius 3 is 2.71 bits per heavy atom. The minimum atomic E-state index is -0.674. The van der Waals surface area contributed by atoms with Gasteiger partial charge in [-0.2, -0.15) is 0 Å². The summed E-state index contributed by atoms with van der Waals surface area (Å²) in [4.78, 5) is 43.9. The number of fused-ring (bicyclic) bond motifs is 1. The molecule has 2 amide bonds. The van der Waals surface area contributed by atoms with Crippen LogP contribution in [-0.2, 0) is 27.2 Å². The van der Waals surface area contributed by atoms with E-state index in [-0.39, 0.29) is 29.3 Å². The van der Waals surface area contributed by atoms with E-state index in [0.717, 1.165) is 11.3 Å². The summed E-state index contributed by atoms with van der Waals surface area (Å²) in [6.07, 6.45) is 0.559. The SMILES string of the molecule is NC(=S)Cc1csc(C2=C(C(=O)S)N3C(=O)[C@@H](NC(=O)Cc4ccccc4)[C@H]3SC2)n1. The van der Waals surface area contributed by atoms with Crippen molar-refractivity contribution in [1.82, 2.24) is 15.2 Å². The van der Waals surface area contributed by atoms with Crippen molar-refractivity contribution in [3.05, 3.63) is 57.7 Å². The lowest BCUT2D eigenvalue weighted by Crippen LogP contribution is -2.70. The Hall–Kier alpha value is -2.21. The highest BCUT2D eigenvalue weighted by atomic mass is 32.2. The van der Waals surface area contributed by atoms with Gasteiger partial charge in [0.15, 0.2) is 0 Å². The zero-order chi connectivity index (χ0) is 22.1. The molecule has 1 aromatic heterocycles. The molecule has 31 heavy (non-hydrogen) atoms. The van der Waals surface area contributed by atoms with Crippen molar-refractivity contribution in [3.8, 4) is 0 Å². The van der Waals surface area contributed by atoms with Gasteiger partial charge in [-0.3, -0.25) is 19.3 Å². The molecule has 0 aliphatic carbocycles. The molecule has 0 bridgehead atoms. The van der Waals surface area contributed by atoms with Crippen LogP contribution in [0.25, 0.3) is 5.57 Å². The fourth-order valence-corrected chi connectivity index (χ4v) is 6.19. The second kappa shape index (κ2) is 9.11. The Balaban J connectivity index is 1.51. The van der Waals surface area contributed by atoms with Gasteiger partial charge in [-0.25, -0.2) is 4.98 Å². The maximum Gasteiger partial charge on any atom is 0.253 e. The van der Waals surface area contributed by atoms with E-state index < -0.39 is 11.2 Å². The van der Waals surface area contributed by atoms with Gasteiger partial charge in [-0.1, -0.05) is 55.2 Å². The number of thiocarbonyl (C=S) groups is 1. The van der Waals surface area contributed by atoms with Crippen LogP contribution in [0.1, 0.15) is 16.3 Å². The molecule has 1 saturated heterocycles. The lowest BCUT2D eigenvalue weighted by atomic mass is 10.0. The molecule has 2 atom stereocenters. The second-order valence-corrected chi connectivity index (χ2v) is 9.93. The first-order valence-corrected chi connectivity index (χ1v) is 12.1. The molecule has 2 aromatic rings. The van der Waals surface area contributed by atoms with Crippen molar-refractivity contribution in [2.75, 3.05) is 5.75 Å². The Morgan fingerprint density at radius 1 is 1.29 bits per heavy atom. The van der Waals surface area contributed by atoms with E-state index in [2.05, 4.69) is 22.9 Å². The third-order valence-electron chi connectivity index (χ3n) is 4.86. The lowest BCUT2D eigenvalue weighted by molar-refractivity contribution is -0.146. The minimum absolute atomic E-state index is 0.187. The summed E-state index contributed by atoms with van der Waals surface area (Å²) >= 11 is 11.8. The number of thiazole rings is 1. The largest absolute Gasteiger partial charge is 0.393 e. The fourth-order valence-electron chi connectivity index (χ4n) is 3.49. The van der Waals surface area contributed by atoms with Crippen molar-refractivity contribution in [1.29, 1.82) is 0 Å². The molecule has 2 aliphatic rings. The number of nitrogens with one attached hydrogen (secondary N) is 1. The summed E-state index contributed by atoms with van der Waals surface area (Å²) in [5, 5.41) is 4.42. The first-order valence-electron chi connectivity index (χ1n) is 9.32. The summed E-state index contributed by atoms with van der Waals surface area (Å²) < 4.78 is 0. The van der Waals surface area contributed by atoms with Crippen LogP contribution in [0.3, 0.4) is 0 Å². The first kappa shape index (κ1) is 22.0. The van der Waals surface area contributed by atoms with Crippen molar-refractivity contribution >= 4 is 75.4 Å². The smallest absolute Gasteiger partial charge is 0.253 e. The number of hydrogen-bond acceptors (Lipinski definition) is 7. The van der Waals surface area contributed by atoms with Gasteiger partial charge < -0.3 is 11.1 Å². The maximum absolute atomic E-state index is 12.9. The molecule has 1 aromatic carbocycles. The number of thiol groups is 1. The molecule has 4 rings (SSSR count). The number of carbonyl (C=O) groups is 3. The Kier molecular flexibility index (Phi) is 6.47. The molecule has 0 saturated carbocycles. The molecular weight excluding hydrogens is 473 g/mol. The average Bonchev–Trinajstić information content (AvgIpc) is 3.19. The van der Waals surface area contributed by atoms with Crippen LogP contribution < -0.4 is 11.1 Å². The molecule has 3 N–H and O–H groups in total. The summed E-state index contributed by atoms with van der Waals surface area (Å²) in [5.41, 5.74) is 8.05. The summed E-state index contributed by atoms with van der Waals surface area (Å²) in [6, 6.07) is 8.64. The van der Waals surface area contributed by atoms with Crippen LogP contribution in [0.2, 0.25) is 0 Å². The molecule has 3 heterocycles. The van der Waals surface area contributed by atoms with Crippen LogP contribution >= 0.6 is 47.9 Å². The molecule has 1 fully saturated rings. The number of carbonyl (C=O) groups excluding carboxylic acids is 3. The number of amides is 2. The van der Waals surface area contributed by atoms with Crippen LogP contribution in [-0.4, -0.2) is 49.0 Å². The second-order valence-electron chi connectivity index (χ2n) is 7.04. The molecule has 11 heteroatoms. The van der Waals surface area contributed by atoms with E-state index in [9.17, 15) is 14.4 Å². The third kappa shape index (κ3) is 4.54. The quantitative estimate of drug-likeness (QED) is 0.309. The number of nitrogens with zero attached hydrogens (tertiary/aromatic N) is 2. The third-order valence-corrected chi connectivity index (χ3v) is 7.45. The fraction of sp³-hybridized carbons (Fsp3) is 0.250. The normalized spacial score (nSPS) is 20.2. The monoisotopic (exact) mass is 490 g/mol. The highest BCUT2D eigenvalue weighted by Gasteiger charge is 2.54. The van der Waals surface area contributed by atoms with E-state index in [4.69, 9.17) is 18.0 Å². The molecule has 2 aliphatic heterocycles. The predicted molar refractivity (Wildman–Crippen MR) is 129 cm³/mol. The number of nitrogens with two attached hydrogens (primary N) is 1. The maximum atomic E-state index is 12.9. The minimum Gasteiger partial charge on any atom is -0.393 e. The molecular formula is C20H18N4O3S4. The van der Waals surface area contributed by atoms with E-state index in [0.29, 0.717) is 27.7 Å². The highest BCUT2D eigenvalue weighted by molar-refractivity contribution is 8.00. The zero-order valence-corrected chi connectivity index (χ0v) is 19.5. The topological polar surface area (TPSA) is 105 Å². The number of rotatable bonds is 7. The van der Waals surface area contributed by atoms with Gasteiger partial charge in [0.2, 0.25) is 11.0 Å². The van der Waals surface area contributed by atoms with Crippen LogP contribution in [0.15, 0.2) is 41.4 Å². The number of hydrogen-bond donors (Lipinski definition) is 3. The zero-order valence-electron chi connectivity index (χ0n) is 16.1. The molecule has 0 unspecified atom stereocenters. The van der Waals surface area contributed by atoms with E-state index in [1.54, 1.807) is 0 Å². The first-order chi connectivity index (χ1) is 14.8. The molecule has 0 spiro atoms. The molecule has 0 radical (unpaired) electrons. The van der Waals surface area contributed by atoms with E-state index in [1.165, 1.54) is 28.0 Å². The predicted octanol–water partition coefficient (Wildman–Crippen LogP) is 1.78. The number of β-lactam (4-membered cyclic amide) rings is 1. The van der Waals surface area contributed by atoms with Gasteiger partial charge in [0.25, 0.3) is 5.91 Å². The Bertz CT molecular complexity index is 1100. The van der Waals surface area contributed by atoms with Crippen molar-refractivity contribution in [2.24, 2.45) is 5.73 Å². The van der Waals surface area contributed by atoms with E-state index in [1.807, 2.05) is 35.7 Å². The van der Waals surface area contributed by atoms with Gasteiger partial charge in [-0.05, 0) is 5.56 Å². The van der Waals surface area contributed by atoms with Crippen LogP contribution in [0.5, 0.6) is 0 Å². The van der Waals surface area contributed by atoms with Crippen LogP contribution in [0, 0.1) is 0 Å². The summed E-state index contributed by atoms with van der Waals surface area (Å²) in [7, 11) is 0. The van der Waals surface area contributed by atoms with Gasteiger partial charge in [0, 0.05) is 23.1 Å². The Morgan fingerprint density at radius 2 is 2.03 bits per heavy atom. The van der Waals surface area contributed by atoms with Crippen LogP contribution in [0.4, 0.5) is 0 Å².